The molecule has 1 N–H and O–H groups in total. The maximum absolute atomic E-state index is 5.32. The molecule has 1 aromatic heterocycles. The molecule has 5 heteroatoms. The molecule has 0 amide bonds. The Labute approximate surface area is 97.2 Å². The monoisotopic (exact) mass is 226 g/mol. The van der Waals surface area contributed by atoms with Crippen LogP contribution >= 0.6 is 0 Å². The zero-order chi connectivity index (χ0) is 11.8. The molecule has 0 saturated heterocycles. The van der Waals surface area contributed by atoms with E-state index in [2.05, 4.69) is 15.6 Å². The lowest BCUT2D eigenvalue weighted by molar-refractivity contribution is 0.141. The summed E-state index contributed by atoms with van der Waals surface area (Å²) < 4.78 is 7.06. The van der Waals surface area contributed by atoms with Crippen molar-refractivity contribution in [2.75, 3.05) is 20.3 Å². The van der Waals surface area contributed by atoms with Gasteiger partial charge in [-0.15, -0.1) is 5.10 Å². The van der Waals surface area contributed by atoms with Crippen LogP contribution in [0.25, 0.3) is 0 Å². The van der Waals surface area contributed by atoms with Gasteiger partial charge in [0.1, 0.15) is 0 Å². The van der Waals surface area contributed by atoms with Crippen molar-refractivity contribution < 1.29 is 4.74 Å². The van der Waals surface area contributed by atoms with Gasteiger partial charge in [0.05, 0.1) is 5.69 Å². The largest absolute Gasteiger partial charge is 0.382 e. The number of hydrogen-bond acceptors (Lipinski definition) is 4. The molecule has 5 nitrogen and oxygen atoms in total. The fraction of sp³-hybridized carbons (Fsp3) is 0.818. The number of aryl methyl sites for hydroxylation is 1. The van der Waals surface area contributed by atoms with Crippen molar-refractivity contribution in [2.45, 2.75) is 32.2 Å². The maximum atomic E-state index is 5.32. The van der Waals surface area contributed by atoms with Gasteiger partial charge in [-0.25, -0.2) is 0 Å². The smallest absolute Gasteiger partial charge is 0.0842 e. The Bertz CT molecular complexity index is 287. The van der Waals surface area contributed by atoms with Gasteiger partial charge in [-0.1, -0.05) is 5.21 Å². The van der Waals surface area contributed by atoms with Crippen molar-refractivity contribution in [3.63, 3.8) is 0 Å². The van der Waals surface area contributed by atoms with Crippen LogP contribution < -0.4 is 5.32 Å². The van der Waals surface area contributed by atoms with E-state index in [1.165, 1.54) is 0 Å². The summed E-state index contributed by atoms with van der Waals surface area (Å²) in [5, 5.41) is 11.3. The van der Waals surface area contributed by atoms with E-state index >= 15 is 0 Å². The average molecular weight is 226 g/mol. The zero-order valence-electron chi connectivity index (χ0n) is 10.4. The standard InChI is InChI=1S/C11H22N4O/c1-4-16-7-5-6-10(12-2)8-11-9-15(3)14-13-11/h9-10,12H,4-8H2,1-3H3. The first-order valence-electron chi connectivity index (χ1n) is 5.86. The van der Waals surface area contributed by atoms with Crippen molar-refractivity contribution in [3.8, 4) is 0 Å². The molecule has 0 radical (unpaired) electrons. The summed E-state index contributed by atoms with van der Waals surface area (Å²) in [4.78, 5) is 0. The van der Waals surface area contributed by atoms with Crippen LogP contribution in [0.5, 0.6) is 0 Å². The first kappa shape index (κ1) is 13.1. The van der Waals surface area contributed by atoms with Gasteiger partial charge in [-0.2, -0.15) is 0 Å². The molecule has 1 rings (SSSR count). The molecule has 0 aromatic carbocycles. The second-order valence-electron chi connectivity index (χ2n) is 3.91. The highest BCUT2D eigenvalue weighted by Crippen LogP contribution is 2.04. The second-order valence-corrected chi connectivity index (χ2v) is 3.91. The third-order valence-corrected chi connectivity index (χ3v) is 2.56. The third-order valence-electron chi connectivity index (χ3n) is 2.56. The average Bonchev–Trinajstić information content (AvgIpc) is 2.68. The van der Waals surface area contributed by atoms with Crippen LogP contribution in [0, 0.1) is 0 Å². The van der Waals surface area contributed by atoms with Gasteiger partial charge < -0.3 is 10.1 Å². The van der Waals surface area contributed by atoms with Gasteiger partial charge in [0.25, 0.3) is 0 Å². The van der Waals surface area contributed by atoms with Crippen LogP contribution in [-0.4, -0.2) is 41.3 Å². The molecule has 0 aliphatic rings. The quantitative estimate of drug-likeness (QED) is 0.665. The zero-order valence-corrected chi connectivity index (χ0v) is 10.4. The van der Waals surface area contributed by atoms with Crippen LogP contribution in [0.15, 0.2) is 6.20 Å². The van der Waals surface area contributed by atoms with Crippen LogP contribution in [0.3, 0.4) is 0 Å². The Morgan fingerprint density at radius 3 is 2.94 bits per heavy atom. The Morgan fingerprint density at radius 1 is 1.56 bits per heavy atom. The van der Waals surface area contributed by atoms with Gasteiger partial charge in [0, 0.05) is 38.9 Å². The molecule has 1 unspecified atom stereocenters. The summed E-state index contributed by atoms with van der Waals surface area (Å²) in [6, 6.07) is 0.456. The molecule has 0 saturated carbocycles. The minimum absolute atomic E-state index is 0.456. The Hall–Kier alpha value is -0.940. The van der Waals surface area contributed by atoms with Crippen LogP contribution in [-0.2, 0) is 18.2 Å². The van der Waals surface area contributed by atoms with E-state index in [1.807, 2.05) is 27.2 Å². The highest BCUT2D eigenvalue weighted by Gasteiger charge is 2.09. The predicted octanol–water partition coefficient (Wildman–Crippen LogP) is 0.762. The van der Waals surface area contributed by atoms with Gasteiger partial charge in [0.15, 0.2) is 0 Å². The molecule has 0 aliphatic carbocycles. The molecule has 16 heavy (non-hydrogen) atoms. The topological polar surface area (TPSA) is 52.0 Å². The third kappa shape index (κ3) is 4.72. The lowest BCUT2D eigenvalue weighted by Crippen LogP contribution is -2.28. The van der Waals surface area contributed by atoms with E-state index in [4.69, 9.17) is 4.74 Å². The molecule has 0 bridgehead atoms. The lowest BCUT2D eigenvalue weighted by atomic mass is 10.1. The summed E-state index contributed by atoms with van der Waals surface area (Å²) in [5.74, 6) is 0. The molecule has 1 heterocycles. The molecule has 0 aliphatic heterocycles. The van der Waals surface area contributed by atoms with E-state index in [0.29, 0.717) is 6.04 Å². The number of nitrogens with one attached hydrogen (secondary N) is 1. The second kappa shape index (κ2) is 7.35. The maximum Gasteiger partial charge on any atom is 0.0842 e. The number of nitrogens with zero attached hydrogens (tertiary/aromatic N) is 3. The van der Waals surface area contributed by atoms with E-state index in [0.717, 1.165) is 38.2 Å². The number of ether oxygens (including phenoxy) is 1. The van der Waals surface area contributed by atoms with Crippen molar-refractivity contribution in [2.24, 2.45) is 7.05 Å². The van der Waals surface area contributed by atoms with Crippen molar-refractivity contribution in [3.05, 3.63) is 11.9 Å². The Morgan fingerprint density at radius 2 is 2.38 bits per heavy atom. The normalized spacial score (nSPS) is 12.9. The lowest BCUT2D eigenvalue weighted by Gasteiger charge is -2.14. The minimum Gasteiger partial charge on any atom is -0.382 e. The number of aromatic nitrogens is 3. The van der Waals surface area contributed by atoms with Gasteiger partial charge in [-0.3, -0.25) is 4.68 Å². The van der Waals surface area contributed by atoms with Crippen molar-refractivity contribution in [1.29, 1.82) is 0 Å². The highest BCUT2D eigenvalue weighted by molar-refractivity contribution is 4.95. The fourth-order valence-corrected chi connectivity index (χ4v) is 1.67. The highest BCUT2D eigenvalue weighted by atomic mass is 16.5. The number of hydrogen-bond donors (Lipinski definition) is 1. The predicted molar refractivity (Wildman–Crippen MR) is 63.3 cm³/mol. The summed E-state index contributed by atoms with van der Waals surface area (Å²) in [6.07, 6.45) is 5.08. The Balaban J connectivity index is 2.26. The first-order chi connectivity index (χ1) is 7.76. The number of likely N-dealkylation sites (N-methyl/N-ethyl adjacent to an activating group) is 1. The molecule has 0 spiro atoms. The van der Waals surface area contributed by atoms with E-state index < -0.39 is 0 Å². The molecular formula is C11H22N4O. The van der Waals surface area contributed by atoms with Gasteiger partial charge >= 0.3 is 0 Å². The summed E-state index contributed by atoms with van der Waals surface area (Å²) in [5.41, 5.74) is 1.04. The number of rotatable bonds is 8. The molecular weight excluding hydrogens is 204 g/mol. The van der Waals surface area contributed by atoms with Gasteiger partial charge in [0.2, 0.25) is 0 Å². The van der Waals surface area contributed by atoms with Crippen LogP contribution in [0.1, 0.15) is 25.5 Å². The molecule has 92 valence electrons. The van der Waals surface area contributed by atoms with Crippen LogP contribution in [0.2, 0.25) is 0 Å². The van der Waals surface area contributed by atoms with Gasteiger partial charge in [-0.05, 0) is 26.8 Å². The molecule has 1 aromatic rings. The SMILES string of the molecule is CCOCCCC(Cc1cn(C)nn1)NC. The van der Waals surface area contributed by atoms with E-state index in [1.54, 1.807) is 4.68 Å². The van der Waals surface area contributed by atoms with Crippen LogP contribution in [0.4, 0.5) is 0 Å². The summed E-state index contributed by atoms with van der Waals surface area (Å²) in [6.45, 7) is 3.67. The van der Waals surface area contributed by atoms with E-state index in [9.17, 15) is 0 Å². The first-order valence-corrected chi connectivity index (χ1v) is 5.86. The fourth-order valence-electron chi connectivity index (χ4n) is 1.67. The molecule has 1 atom stereocenters. The Kier molecular flexibility index (Phi) is 6.03. The summed E-state index contributed by atoms with van der Waals surface area (Å²) >= 11 is 0. The summed E-state index contributed by atoms with van der Waals surface area (Å²) in [7, 11) is 3.88. The molecule has 0 fully saturated rings. The minimum atomic E-state index is 0.456. The van der Waals surface area contributed by atoms with Crippen molar-refractivity contribution in [1.82, 2.24) is 20.3 Å². The van der Waals surface area contributed by atoms with Crippen molar-refractivity contribution >= 4 is 0 Å². The van der Waals surface area contributed by atoms with E-state index in [-0.39, 0.29) is 0 Å².